The largest absolute Gasteiger partial charge is 0.355 e. The van der Waals surface area contributed by atoms with Gasteiger partial charge in [0.2, 0.25) is 5.95 Å². The van der Waals surface area contributed by atoms with E-state index in [-0.39, 0.29) is 24.8 Å². The maximum atomic E-state index is 14.8. The fraction of sp³-hybridized carbons (Fsp3) is 0.440. The van der Waals surface area contributed by atoms with Crippen molar-refractivity contribution in [1.29, 1.82) is 0 Å². The molecular weight excluding hydrogens is 469 g/mol. The van der Waals surface area contributed by atoms with Gasteiger partial charge in [-0.15, -0.1) is 10.2 Å². The molecule has 3 aromatic rings. The second kappa shape index (κ2) is 7.16. The van der Waals surface area contributed by atoms with Gasteiger partial charge in [-0.1, -0.05) is 17.7 Å². The number of hydrogen-bond donors (Lipinski definition) is 0. The molecule has 1 amide bonds. The molecule has 1 aromatic carbocycles. The van der Waals surface area contributed by atoms with E-state index in [1.807, 2.05) is 54.1 Å². The average molecular weight is 494 g/mol. The van der Waals surface area contributed by atoms with Crippen molar-refractivity contribution in [1.82, 2.24) is 24.6 Å². The van der Waals surface area contributed by atoms with Crippen LogP contribution in [0.2, 0.25) is 5.02 Å². The third-order valence-corrected chi connectivity index (χ3v) is 8.06. The Morgan fingerprint density at radius 3 is 2.57 bits per heavy atom. The summed E-state index contributed by atoms with van der Waals surface area (Å²) in [5.74, 6) is 1.94. The Kier molecular flexibility index (Phi) is 4.32. The van der Waals surface area contributed by atoms with E-state index in [0.717, 1.165) is 49.2 Å². The first kappa shape index (κ1) is 21.1. The van der Waals surface area contributed by atoms with Crippen LogP contribution in [0.25, 0.3) is 5.69 Å². The number of carbonyl (C=O) groups is 1. The topological polar surface area (TPSA) is 70.4 Å². The van der Waals surface area contributed by atoms with Crippen LogP contribution in [0, 0.1) is 5.41 Å². The summed E-state index contributed by atoms with van der Waals surface area (Å²) in [6, 6.07) is 11.2. The molecule has 10 heteroatoms. The summed E-state index contributed by atoms with van der Waals surface area (Å²) < 4.78 is 16.9. The summed E-state index contributed by atoms with van der Waals surface area (Å²) in [6.45, 7) is 5.86. The van der Waals surface area contributed by atoms with Crippen LogP contribution in [0.5, 0.6) is 0 Å². The number of alkyl halides is 1. The van der Waals surface area contributed by atoms with E-state index in [4.69, 9.17) is 11.6 Å². The van der Waals surface area contributed by atoms with Crippen LogP contribution in [0.4, 0.5) is 16.2 Å². The van der Waals surface area contributed by atoms with Gasteiger partial charge >= 0.3 is 0 Å². The Bertz CT molecular complexity index is 1330. The van der Waals surface area contributed by atoms with Crippen molar-refractivity contribution in [3.8, 4) is 5.69 Å². The zero-order chi connectivity index (χ0) is 23.9. The monoisotopic (exact) mass is 493 g/mol. The van der Waals surface area contributed by atoms with Gasteiger partial charge in [-0.2, -0.15) is 0 Å². The van der Waals surface area contributed by atoms with Crippen molar-refractivity contribution in [2.75, 3.05) is 36.0 Å². The molecule has 2 aromatic heterocycles. The SMILES string of the molecule is CC1c2nnc(N3CC4(CN(c5ccccn5)C4)C3)n2-c2ccc(Cl)cc2CN1C(=O)C1(F)CC1. The Labute approximate surface area is 207 Å². The molecule has 1 saturated carbocycles. The molecule has 1 unspecified atom stereocenters. The molecule has 3 fully saturated rings. The molecule has 0 N–H and O–H groups in total. The molecule has 35 heavy (non-hydrogen) atoms. The third kappa shape index (κ3) is 3.17. The number of rotatable bonds is 3. The molecular formula is C25H25ClFN7O. The fourth-order valence-electron chi connectivity index (χ4n) is 5.75. The van der Waals surface area contributed by atoms with Crippen LogP contribution >= 0.6 is 11.6 Å². The quantitative estimate of drug-likeness (QED) is 0.556. The lowest BCUT2D eigenvalue weighted by Gasteiger charge is -2.60. The van der Waals surface area contributed by atoms with Gasteiger partial charge < -0.3 is 14.7 Å². The van der Waals surface area contributed by atoms with E-state index in [0.29, 0.717) is 10.8 Å². The zero-order valence-electron chi connectivity index (χ0n) is 19.4. The van der Waals surface area contributed by atoms with Gasteiger partial charge in [-0.3, -0.25) is 9.36 Å². The highest BCUT2D eigenvalue weighted by molar-refractivity contribution is 6.30. The standard InChI is InChI=1S/C25H25ClFN7O/c1-16-21-29-30-23(32-14-24(15-32)12-31(13-24)20-4-2-3-9-28-20)34(21)19-6-5-18(26)10-17(19)11-33(16)22(35)25(27)7-8-25/h2-6,9-10,16H,7-8,11-15H2,1H3. The first-order chi connectivity index (χ1) is 16.9. The number of carbonyl (C=O) groups excluding carboxylic acids is 1. The van der Waals surface area contributed by atoms with Gasteiger partial charge in [0.05, 0.1) is 11.7 Å². The Balaban J connectivity index is 1.19. The number of nitrogens with zero attached hydrogens (tertiary/aromatic N) is 7. The summed E-state index contributed by atoms with van der Waals surface area (Å²) in [5, 5.41) is 9.65. The van der Waals surface area contributed by atoms with E-state index in [1.165, 1.54) is 0 Å². The Hall–Kier alpha value is -3.20. The number of anilines is 2. The second-order valence-corrected chi connectivity index (χ2v) is 10.9. The molecule has 1 aliphatic carbocycles. The number of amides is 1. The molecule has 180 valence electrons. The lowest BCUT2D eigenvalue weighted by molar-refractivity contribution is -0.141. The lowest BCUT2D eigenvalue weighted by atomic mass is 9.73. The molecule has 3 aliphatic heterocycles. The number of halogens is 2. The van der Waals surface area contributed by atoms with Crippen molar-refractivity contribution in [3.63, 3.8) is 0 Å². The van der Waals surface area contributed by atoms with Gasteiger partial charge in [0.25, 0.3) is 5.91 Å². The Morgan fingerprint density at radius 2 is 1.86 bits per heavy atom. The first-order valence-electron chi connectivity index (χ1n) is 12.0. The van der Waals surface area contributed by atoms with Crippen LogP contribution < -0.4 is 9.80 Å². The van der Waals surface area contributed by atoms with Gasteiger partial charge in [-0.25, -0.2) is 9.37 Å². The average Bonchev–Trinajstić information content (AvgIpc) is 3.44. The van der Waals surface area contributed by atoms with Crippen LogP contribution in [-0.2, 0) is 11.3 Å². The van der Waals surface area contributed by atoms with E-state index in [9.17, 15) is 9.18 Å². The van der Waals surface area contributed by atoms with Crippen molar-refractivity contribution in [2.45, 2.75) is 38.0 Å². The number of pyridine rings is 1. The number of aromatic nitrogens is 4. The minimum atomic E-state index is -1.75. The molecule has 1 atom stereocenters. The number of hydrogen-bond acceptors (Lipinski definition) is 6. The summed E-state index contributed by atoms with van der Waals surface area (Å²) >= 11 is 6.33. The van der Waals surface area contributed by atoms with E-state index in [1.54, 1.807) is 4.90 Å². The van der Waals surface area contributed by atoms with Crippen molar-refractivity contribution < 1.29 is 9.18 Å². The van der Waals surface area contributed by atoms with Gasteiger partial charge in [0.1, 0.15) is 5.82 Å². The summed E-state index contributed by atoms with van der Waals surface area (Å²) in [5.41, 5.74) is 0.220. The van der Waals surface area contributed by atoms with Crippen LogP contribution in [0.1, 0.15) is 37.2 Å². The van der Waals surface area contributed by atoms with Crippen molar-refractivity contribution in [2.24, 2.45) is 5.41 Å². The van der Waals surface area contributed by atoms with Gasteiger partial charge in [0.15, 0.2) is 11.5 Å². The smallest absolute Gasteiger partial charge is 0.261 e. The first-order valence-corrected chi connectivity index (χ1v) is 12.4. The molecule has 8 nitrogen and oxygen atoms in total. The lowest BCUT2D eigenvalue weighted by Crippen LogP contribution is -2.73. The Morgan fingerprint density at radius 1 is 1.09 bits per heavy atom. The highest BCUT2D eigenvalue weighted by atomic mass is 35.5. The molecule has 5 heterocycles. The van der Waals surface area contributed by atoms with Crippen LogP contribution in [0.15, 0.2) is 42.6 Å². The third-order valence-electron chi connectivity index (χ3n) is 7.83. The highest BCUT2D eigenvalue weighted by Gasteiger charge is 2.55. The zero-order valence-corrected chi connectivity index (χ0v) is 20.1. The molecule has 4 aliphatic rings. The number of benzene rings is 1. The van der Waals surface area contributed by atoms with Crippen molar-refractivity contribution in [3.05, 3.63) is 59.0 Å². The summed E-state index contributed by atoms with van der Waals surface area (Å²) in [4.78, 5) is 23.7. The van der Waals surface area contributed by atoms with Crippen LogP contribution in [0.3, 0.4) is 0 Å². The molecule has 7 rings (SSSR count). The molecule has 1 spiro atoms. The van der Waals surface area contributed by atoms with E-state index < -0.39 is 17.6 Å². The maximum Gasteiger partial charge on any atom is 0.261 e. The van der Waals surface area contributed by atoms with Crippen molar-refractivity contribution >= 4 is 29.3 Å². The summed E-state index contributed by atoms with van der Waals surface area (Å²) in [7, 11) is 0. The highest BCUT2D eigenvalue weighted by Crippen LogP contribution is 2.47. The molecule has 2 saturated heterocycles. The van der Waals surface area contributed by atoms with Gasteiger partial charge in [0, 0.05) is 49.4 Å². The van der Waals surface area contributed by atoms with E-state index >= 15 is 0 Å². The predicted octanol–water partition coefficient (Wildman–Crippen LogP) is 3.55. The van der Waals surface area contributed by atoms with Crippen LogP contribution in [-0.4, -0.2) is 62.4 Å². The van der Waals surface area contributed by atoms with Gasteiger partial charge in [-0.05, 0) is 55.7 Å². The normalized spacial score (nSPS) is 23.2. The number of fused-ring (bicyclic) bond motifs is 3. The van der Waals surface area contributed by atoms with E-state index in [2.05, 4.69) is 25.0 Å². The second-order valence-electron chi connectivity index (χ2n) is 10.4. The molecule has 0 radical (unpaired) electrons. The minimum Gasteiger partial charge on any atom is -0.355 e. The molecule has 0 bridgehead atoms. The maximum absolute atomic E-state index is 14.8. The summed E-state index contributed by atoms with van der Waals surface area (Å²) in [6.07, 6.45) is 2.38. The fourth-order valence-corrected chi connectivity index (χ4v) is 5.95. The minimum absolute atomic E-state index is 0.220. The predicted molar refractivity (Wildman–Crippen MR) is 130 cm³/mol.